The second-order valence-corrected chi connectivity index (χ2v) is 12.6. The van der Waals surface area contributed by atoms with Gasteiger partial charge in [-0.25, -0.2) is 8.42 Å². The first-order chi connectivity index (χ1) is 18.2. The van der Waals surface area contributed by atoms with E-state index in [4.69, 9.17) is 37.4 Å². The molecule has 2 aromatic rings. The molecule has 1 saturated heterocycles. The molecular weight excluding hydrogens is 569 g/mol. The van der Waals surface area contributed by atoms with Crippen molar-refractivity contribution < 1.29 is 32.2 Å². The van der Waals surface area contributed by atoms with Crippen LogP contribution in [0.3, 0.4) is 0 Å². The van der Waals surface area contributed by atoms with Gasteiger partial charge >= 0.3 is 0 Å². The van der Waals surface area contributed by atoms with Gasteiger partial charge in [0.2, 0.25) is 10.0 Å². The molecule has 0 atom stereocenters. The summed E-state index contributed by atoms with van der Waals surface area (Å²) in [5, 5.41) is 2.44. The van der Waals surface area contributed by atoms with Crippen LogP contribution in [0.2, 0.25) is 10.0 Å². The standard InChI is InChI=1S/C26H33Cl2N3O7S/c1-26(2,3)16-14-18(24(36-4)19(15-16)30-39(5,34)35)29-25(33)23(32)17-6-7-20(22(28)21(17)27)38-13-10-31-8-11-37-12-9-31/h6-7,14-15,30H,8-13H2,1-5H3,(H,29,33). The monoisotopic (exact) mass is 601 g/mol. The Morgan fingerprint density at radius 3 is 2.31 bits per heavy atom. The predicted octanol–water partition coefficient (Wildman–Crippen LogP) is 4.20. The summed E-state index contributed by atoms with van der Waals surface area (Å²) in [6.45, 7) is 9.77. The van der Waals surface area contributed by atoms with Crippen LogP contribution >= 0.6 is 23.2 Å². The number of halogens is 2. The minimum atomic E-state index is -3.67. The highest BCUT2D eigenvalue weighted by Crippen LogP contribution is 2.40. The number of hydrogen-bond acceptors (Lipinski definition) is 8. The van der Waals surface area contributed by atoms with E-state index in [9.17, 15) is 18.0 Å². The number of benzene rings is 2. The second kappa shape index (κ2) is 12.7. The number of carbonyl (C=O) groups is 2. The molecule has 13 heteroatoms. The Hall–Kier alpha value is -2.57. The number of nitrogens with one attached hydrogen (secondary N) is 2. The fraction of sp³-hybridized carbons (Fsp3) is 0.462. The molecule has 1 amide bonds. The van der Waals surface area contributed by atoms with Crippen LogP contribution < -0.4 is 19.5 Å². The maximum absolute atomic E-state index is 13.1. The van der Waals surface area contributed by atoms with Crippen molar-refractivity contribution in [2.24, 2.45) is 0 Å². The number of rotatable bonds is 10. The van der Waals surface area contributed by atoms with Crippen molar-refractivity contribution >= 4 is 56.3 Å². The summed E-state index contributed by atoms with van der Waals surface area (Å²) in [4.78, 5) is 28.3. The van der Waals surface area contributed by atoms with Gasteiger partial charge in [0, 0.05) is 25.2 Å². The Labute approximate surface area is 238 Å². The van der Waals surface area contributed by atoms with Gasteiger partial charge in [0.1, 0.15) is 17.4 Å². The van der Waals surface area contributed by atoms with Gasteiger partial charge in [-0.2, -0.15) is 0 Å². The van der Waals surface area contributed by atoms with Gasteiger partial charge in [0.25, 0.3) is 11.7 Å². The molecule has 2 aromatic carbocycles. The topological polar surface area (TPSA) is 123 Å². The van der Waals surface area contributed by atoms with Crippen molar-refractivity contribution in [3.05, 3.63) is 45.4 Å². The molecule has 3 rings (SSSR count). The number of carbonyl (C=O) groups excluding carboxylic acids is 2. The average molecular weight is 603 g/mol. The van der Waals surface area contributed by atoms with Crippen LogP contribution in [0.5, 0.6) is 11.5 Å². The molecule has 0 saturated carbocycles. The summed E-state index contributed by atoms with van der Waals surface area (Å²) in [5.41, 5.74) is 0.393. The normalized spacial score (nSPS) is 14.5. The molecule has 10 nitrogen and oxygen atoms in total. The molecule has 1 heterocycles. The van der Waals surface area contributed by atoms with Gasteiger partial charge in [-0.3, -0.25) is 19.2 Å². The molecule has 214 valence electrons. The number of ether oxygens (including phenoxy) is 3. The fourth-order valence-electron chi connectivity index (χ4n) is 3.88. The Bertz CT molecular complexity index is 1340. The van der Waals surface area contributed by atoms with E-state index in [2.05, 4.69) is 14.9 Å². The van der Waals surface area contributed by atoms with E-state index in [0.717, 1.165) is 19.3 Å². The van der Waals surface area contributed by atoms with Crippen LogP contribution in [-0.4, -0.2) is 77.8 Å². The number of nitrogens with zero attached hydrogens (tertiary/aromatic N) is 1. The molecule has 0 bridgehead atoms. The van der Waals surface area contributed by atoms with E-state index >= 15 is 0 Å². The van der Waals surface area contributed by atoms with Crippen LogP contribution in [0.1, 0.15) is 36.7 Å². The summed E-state index contributed by atoms with van der Waals surface area (Å²) < 4.78 is 42.8. The van der Waals surface area contributed by atoms with Gasteiger partial charge in [-0.05, 0) is 35.2 Å². The number of Topliss-reactive ketones (excluding diaryl/α,β-unsaturated/α-hetero) is 1. The molecule has 1 aliphatic heterocycles. The molecule has 1 aliphatic rings. The number of sulfonamides is 1. The van der Waals surface area contributed by atoms with E-state index in [0.29, 0.717) is 37.7 Å². The summed E-state index contributed by atoms with van der Waals surface area (Å²) in [7, 11) is -2.34. The summed E-state index contributed by atoms with van der Waals surface area (Å²) in [6.07, 6.45) is 1.000. The van der Waals surface area contributed by atoms with E-state index in [1.165, 1.54) is 19.2 Å². The lowest BCUT2D eigenvalue weighted by atomic mass is 9.86. The van der Waals surface area contributed by atoms with Crippen molar-refractivity contribution in [3.63, 3.8) is 0 Å². The average Bonchev–Trinajstić information content (AvgIpc) is 2.85. The van der Waals surface area contributed by atoms with Gasteiger partial charge in [0.15, 0.2) is 5.75 Å². The second-order valence-electron chi connectivity index (χ2n) is 10.1. The molecule has 0 aromatic heterocycles. The van der Waals surface area contributed by atoms with Crippen LogP contribution in [0, 0.1) is 0 Å². The first-order valence-corrected chi connectivity index (χ1v) is 14.8. The Morgan fingerprint density at radius 2 is 1.72 bits per heavy atom. The van der Waals surface area contributed by atoms with Gasteiger partial charge < -0.3 is 19.5 Å². The zero-order chi connectivity index (χ0) is 29.0. The molecule has 0 radical (unpaired) electrons. The maximum atomic E-state index is 13.1. The van der Waals surface area contributed by atoms with Crippen molar-refractivity contribution in [3.8, 4) is 11.5 Å². The Morgan fingerprint density at radius 1 is 1.08 bits per heavy atom. The van der Waals surface area contributed by atoms with E-state index in [1.54, 1.807) is 12.1 Å². The van der Waals surface area contributed by atoms with E-state index in [1.807, 2.05) is 20.8 Å². The smallest absolute Gasteiger partial charge is 0.296 e. The van der Waals surface area contributed by atoms with Crippen molar-refractivity contribution in [2.45, 2.75) is 26.2 Å². The van der Waals surface area contributed by atoms with Gasteiger partial charge in [-0.15, -0.1) is 0 Å². The quantitative estimate of drug-likeness (QED) is 0.307. The number of amides is 1. The largest absolute Gasteiger partial charge is 0.492 e. The summed E-state index contributed by atoms with van der Waals surface area (Å²) >= 11 is 12.7. The van der Waals surface area contributed by atoms with Crippen molar-refractivity contribution in [1.82, 2.24) is 4.90 Å². The Balaban J connectivity index is 1.82. The number of hydrogen-bond donors (Lipinski definition) is 2. The maximum Gasteiger partial charge on any atom is 0.296 e. The van der Waals surface area contributed by atoms with Crippen LogP contribution in [-0.2, 0) is 25.0 Å². The lowest BCUT2D eigenvalue weighted by molar-refractivity contribution is -0.112. The molecule has 2 N–H and O–H groups in total. The Kier molecular flexibility index (Phi) is 10.1. The number of anilines is 2. The van der Waals surface area contributed by atoms with Crippen LogP contribution in [0.15, 0.2) is 24.3 Å². The van der Waals surface area contributed by atoms with Crippen molar-refractivity contribution in [2.75, 3.05) is 62.9 Å². The van der Waals surface area contributed by atoms with E-state index < -0.39 is 27.1 Å². The van der Waals surface area contributed by atoms with Crippen molar-refractivity contribution in [1.29, 1.82) is 0 Å². The molecule has 39 heavy (non-hydrogen) atoms. The van der Waals surface area contributed by atoms with Gasteiger partial charge in [0.05, 0.1) is 43.0 Å². The highest BCUT2D eigenvalue weighted by atomic mass is 35.5. The highest BCUT2D eigenvalue weighted by molar-refractivity contribution is 7.92. The third-order valence-corrected chi connectivity index (χ3v) is 7.42. The lowest BCUT2D eigenvalue weighted by Gasteiger charge is -2.26. The highest BCUT2D eigenvalue weighted by Gasteiger charge is 2.26. The first-order valence-electron chi connectivity index (χ1n) is 12.2. The third-order valence-electron chi connectivity index (χ3n) is 5.97. The minimum Gasteiger partial charge on any atom is -0.492 e. The third kappa shape index (κ3) is 8.21. The molecule has 0 spiro atoms. The van der Waals surface area contributed by atoms with Crippen LogP contribution in [0.4, 0.5) is 11.4 Å². The zero-order valence-corrected chi connectivity index (χ0v) is 24.8. The molecule has 0 unspecified atom stereocenters. The van der Waals surface area contributed by atoms with Gasteiger partial charge in [-0.1, -0.05) is 44.0 Å². The molecule has 0 aliphatic carbocycles. The zero-order valence-electron chi connectivity index (χ0n) is 22.5. The number of ketones is 1. The fourth-order valence-corrected chi connectivity index (χ4v) is 4.89. The van der Waals surface area contributed by atoms with Crippen LogP contribution in [0.25, 0.3) is 0 Å². The molecule has 1 fully saturated rings. The van der Waals surface area contributed by atoms with E-state index in [-0.39, 0.29) is 32.7 Å². The number of methoxy groups -OCH3 is 1. The summed E-state index contributed by atoms with van der Waals surface area (Å²) in [5.74, 6) is -1.61. The first kappa shape index (κ1) is 31.0. The minimum absolute atomic E-state index is 0.0178. The molecular formula is C26H33Cl2N3O7S. The predicted molar refractivity (Wildman–Crippen MR) is 152 cm³/mol. The number of morpholine rings is 1. The SMILES string of the molecule is COc1c(NC(=O)C(=O)c2ccc(OCCN3CCOCC3)c(Cl)c2Cl)cc(C(C)(C)C)cc1NS(C)(=O)=O. The lowest BCUT2D eigenvalue weighted by Crippen LogP contribution is -2.38. The summed E-state index contributed by atoms with van der Waals surface area (Å²) in [6, 6.07) is 6.10.